The number of fused-ring (bicyclic) bond motifs is 2. The molecular weight excluding hydrogens is 466 g/mol. The van der Waals surface area contributed by atoms with Gasteiger partial charge < -0.3 is 15.0 Å². The molecule has 5 aromatic rings. The molecule has 0 atom stereocenters. The molecule has 3 aromatic heterocycles. The Morgan fingerprint density at radius 2 is 1.94 bits per heavy atom. The molecule has 0 spiro atoms. The molecular formula is C25H18ClN7O2. The van der Waals surface area contributed by atoms with Crippen LogP contribution in [0.3, 0.4) is 0 Å². The van der Waals surface area contributed by atoms with E-state index in [9.17, 15) is 4.79 Å². The average molecular weight is 484 g/mol. The summed E-state index contributed by atoms with van der Waals surface area (Å²) >= 11 is 6.52. The number of benzene rings is 2. The van der Waals surface area contributed by atoms with E-state index in [-0.39, 0.29) is 5.91 Å². The first-order valence-corrected chi connectivity index (χ1v) is 11.2. The number of nitrogens with zero attached hydrogens (tertiary/aromatic N) is 6. The maximum Gasteiger partial charge on any atom is 0.253 e. The van der Waals surface area contributed by atoms with Gasteiger partial charge >= 0.3 is 0 Å². The fraction of sp³-hybridized carbons (Fsp3) is 0.0800. The van der Waals surface area contributed by atoms with E-state index in [0.29, 0.717) is 46.5 Å². The number of hydrogen-bond acceptors (Lipinski definition) is 7. The van der Waals surface area contributed by atoms with Gasteiger partial charge in [-0.1, -0.05) is 18.2 Å². The Balaban J connectivity index is 1.27. The molecule has 0 saturated carbocycles. The molecule has 1 N–H and O–H groups in total. The molecule has 6 rings (SSSR count). The van der Waals surface area contributed by atoms with Gasteiger partial charge in [0.05, 0.1) is 10.5 Å². The molecule has 9 nitrogen and oxygen atoms in total. The molecule has 1 aliphatic heterocycles. The largest absolute Gasteiger partial charge is 0.456 e. The lowest BCUT2D eigenvalue weighted by atomic mass is 10.2. The molecule has 0 bridgehead atoms. The van der Waals surface area contributed by atoms with Gasteiger partial charge in [-0.2, -0.15) is 5.10 Å². The first-order chi connectivity index (χ1) is 17.0. The monoisotopic (exact) mass is 483 g/mol. The minimum absolute atomic E-state index is 0.0544. The Morgan fingerprint density at radius 3 is 2.77 bits per heavy atom. The van der Waals surface area contributed by atoms with Crippen LogP contribution < -0.4 is 15.0 Å². The third-order valence-corrected chi connectivity index (χ3v) is 6.09. The van der Waals surface area contributed by atoms with Crippen molar-refractivity contribution in [2.24, 2.45) is 0 Å². The molecule has 0 aliphatic carbocycles. The second-order valence-corrected chi connectivity index (χ2v) is 8.44. The molecule has 1 saturated heterocycles. The summed E-state index contributed by atoms with van der Waals surface area (Å²) in [6.07, 6.45) is 5.40. The van der Waals surface area contributed by atoms with E-state index in [2.05, 4.69) is 31.9 Å². The van der Waals surface area contributed by atoms with Crippen LogP contribution in [0.2, 0.25) is 5.02 Å². The highest BCUT2D eigenvalue weighted by Crippen LogP contribution is 2.34. The first-order valence-electron chi connectivity index (χ1n) is 10.8. The molecule has 1 aliphatic rings. The quantitative estimate of drug-likeness (QED) is 0.345. The summed E-state index contributed by atoms with van der Waals surface area (Å²) in [5.74, 6) is 1.65. The van der Waals surface area contributed by atoms with Gasteiger partial charge in [0.25, 0.3) is 5.91 Å². The van der Waals surface area contributed by atoms with Gasteiger partial charge in [-0.3, -0.25) is 4.79 Å². The van der Waals surface area contributed by atoms with Crippen LogP contribution in [0.1, 0.15) is 6.42 Å². The maximum atomic E-state index is 12.4. The molecule has 172 valence electrons. The number of ether oxygens (including phenoxy) is 1. The third kappa shape index (κ3) is 3.91. The lowest BCUT2D eigenvalue weighted by Gasteiger charge is -2.17. The van der Waals surface area contributed by atoms with Crippen LogP contribution in [0.15, 0.2) is 79.5 Å². The summed E-state index contributed by atoms with van der Waals surface area (Å²) < 4.78 is 7.59. The molecule has 4 heterocycles. The number of hydrogen-bond donors (Lipinski definition) is 1. The fourth-order valence-corrected chi connectivity index (χ4v) is 4.21. The van der Waals surface area contributed by atoms with E-state index < -0.39 is 0 Å². The Hall–Kier alpha value is -4.50. The number of rotatable bonds is 5. The van der Waals surface area contributed by atoms with Crippen molar-refractivity contribution in [1.29, 1.82) is 0 Å². The summed E-state index contributed by atoms with van der Waals surface area (Å²) in [6.45, 7) is 4.45. The summed E-state index contributed by atoms with van der Waals surface area (Å²) in [5, 5.41) is 8.59. The number of nitrogens with one attached hydrogen (secondary N) is 1. The highest BCUT2D eigenvalue weighted by Gasteiger charge is 2.25. The zero-order valence-corrected chi connectivity index (χ0v) is 19.1. The number of amides is 1. The van der Waals surface area contributed by atoms with E-state index in [1.807, 2.05) is 24.3 Å². The van der Waals surface area contributed by atoms with Gasteiger partial charge in [-0.15, -0.1) is 0 Å². The summed E-state index contributed by atoms with van der Waals surface area (Å²) in [4.78, 5) is 27.1. The molecule has 0 unspecified atom stereocenters. The van der Waals surface area contributed by atoms with Crippen LogP contribution in [0.25, 0.3) is 16.6 Å². The number of carbonyl (C=O) groups excluding carboxylic acids is 1. The van der Waals surface area contributed by atoms with Crippen molar-refractivity contribution in [2.45, 2.75) is 6.42 Å². The zero-order chi connectivity index (χ0) is 23.9. The Morgan fingerprint density at radius 1 is 1.03 bits per heavy atom. The van der Waals surface area contributed by atoms with Crippen LogP contribution in [0.5, 0.6) is 11.5 Å². The second kappa shape index (κ2) is 8.37. The topological polar surface area (TPSA) is 97.5 Å². The molecule has 2 aromatic carbocycles. The molecule has 0 radical (unpaired) electrons. The van der Waals surface area contributed by atoms with Crippen LogP contribution >= 0.6 is 11.6 Å². The fourth-order valence-electron chi connectivity index (χ4n) is 3.99. The van der Waals surface area contributed by atoms with E-state index in [0.717, 1.165) is 22.3 Å². The highest BCUT2D eigenvalue weighted by molar-refractivity contribution is 6.32. The smallest absolute Gasteiger partial charge is 0.253 e. The van der Waals surface area contributed by atoms with Crippen LogP contribution in [-0.2, 0) is 4.79 Å². The number of anilines is 3. The van der Waals surface area contributed by atoms with Crippen LogP contribution in [-0.4, -0.2) is 37.0 Å². The first kappa shape index (κ1) is 21.1. The minimum Gasteiger partial charge on any atom is -0.456 e. The van der Waals surface area contributed by atoms with Crippen molar-refractivity contribution in [1.82, 2.24) is 24.6 Å². The summed E-state index contributed by atoms with van der Waals surface area (Å²) in [6, 6.07) is 14.6. The Labute approximate surface area is 204 Å². The van der Waals surface area contributed by atoms with E-state index >= 15 is 0 Å². The number of pyridine rings is 1. The minimum atomic E-state index is -0.0544. The lowest BCUT2D eigenvalue weighted by molar-refractivity contribution is -0.114. The van der Waals surface area contributed by atoms with E-state index in [1.165, 1.54) is 12.7 Å². The van der Waals surface area contributed by atoms with E-state index in [4.69, 9.17) is 16.3 Å². The van der Waals surface area contributed by atoms with Crippen molar-refractivity contribution in [3.05, 3.63) is 84.6 Å². The standard InChI is InChI=1S/C25H18ClN7O2/c1-15-6-8-32(25(15)34)17-3-4-21-19(11-17)24(29-13-27-21)31-16-2-5-22(20(26)10-16)35-18-7-9-33-23(12-18)28-14-30-33/h2-5,7,9-14H,1,6,8H2,(H,27,29,31). The maximum absolute atomic E-state index is 12.4. The van der Waals surface area contributed by atoms with Crippen molar-refractivity contribution in [3.8, 4) is 11.5 Å². The van der Waals surface area contributed by atoms with Crippen molar-refractivity contribution in [2.75, 3.05) is 16.8 Å². The number of halogens is 1. The molecule has 1 fully saturated rings. The third-order valence-electron chi connectivity index (χ3n) is 5.79. The normalized spacial score (nSPS) is 13.7. The van der Waals surface area contributed by atoms with Gasteiger partial charge in [0, 0.05) is 41.1 Å². The molecule has 10 heteroatoms. The van der Waals surface area contributed by atoms with Crippen LogP contribution in [0.4, 0.5) is 17.2 Å². The Bertz CT molecular complexity index is 1630. The van der Waals surface area contributed by atoms with Crippen molar-refractivity contribution in [3.63, 3.8) is 0 Å². The Kier molecular flexibility index (Phi) is 5.04. The summed E-state index contributed by atoms with van der Waals surface area (Å²) in [7, 11) is 0. The molecule has 1 amide bonds. The number of aromatic nitrogens is 5. The SMILES string of the molecule is C=C1CCN(c2ccc3ncnc(Nc4ccc(Oc5ccn6ncnc6c5)c(Cl)c4)c3c2)C1=O. The van der Waals surface area contributed by atoms with Gasteiger partial charge in [-0.05, 0) is 48.9 Å². The second-order valence-electron chi connectivity index (χ2n) is 8.03. The zero-order valence-electron chi connectivity index (χ0n) is 18.3. The van der Waals surface area contributed by atoms with Crippen LogP contribution in [0, 0.1) is 0 Å². The van der Waals surface area contributed by atoms with Gasteiger partial charge in [0.1, 0.15) is 30.0 Å². The molecule has 35 heavy (non-hydrogen) atoms. The van der Waals surface area contributed by atoms with Gasteiger partial charge in [0.2, 0.25) is 0 Å². The summed E-state index contributed by atoms with van der Waals surface area (Å²) in [5.41, 5.74) is 3.56. The van der Waals surface area contributed by atoms with Crippen molar-refractivity contribution < 1.29 is 9.53 Å². The van der Waals surface area contributed by atoms with E-state index in [1.54, 1.807) is 39.9 Å². The van der Waals surface area contributed by atoms with Gasteiger partial charge in [0.15, 0.2) is 5.65 Å². The highest BCUT2D eigenvalue weighted by atomic mass is 35.5. The van der Waals surface area contributed by atoms with Gasteiger partial charge in [-0.25, -0.2) is 19.5 Å². The number of carbonyl (C=O) groups is 1. The average Bonchev–Trinajstić information content (AvgIpc) is 3.47. The predicted molar refractivity (Wildman–Crippen MR) is 133 cm³/mol. The predicted octanol–water partition coefficient (Wildman–Crippen LogP) is 5.15. The van der Waals surface area contributed by atoms with Crippen molar-refractivity contribution >= 4 is 51.3 Å². The lowest BCUT2D eigenvalue weighted by Crippen LogP contribution is -2.24.